The van der Waals surface area contributed by atoms with Crippen molar-refractivity contribution in [3.63, 3.8) is 0 Å². The number of rotatable bonds is 5. The molecule has 1 unspecified atom stereocenters. The van der Waals surface area contributed by atoms with Gasteiger partial charge >= 0.3 is 0 Å². The van der Waals surface area contributed by atoms with Crippen LogP contribution in [0.4, 0.5) is 0 Å². The van der Waals surface area contributed by atoms with Crippen LogP contribution in [0, 0.1) is 0 Å². The molecule has 0 saturated carbocycles. The summed E-state index contributed by atoms with van der Waals surface area (Å²) in [6, 6.07) is 10.5. The topological polar surface area (TPSA) is 12.5 Å². The fourth-order valence-corrected chi connectivity index (χ4v) is 2.62. The lowest BCUT2D eigenvalue weighted by Crippen LogP contribution is -2.48. The first kappa shape index (κ1) is 13.4. The van der Waals surface area contributed by atoms with E-state index in [9.17, 15) is 0 Å². The molecular weight excluding hydrogens is 214 g/mol. The van der Waals surface area contributed by atoms with E-state index in [1.165, 1.54) is 5.56 Å². The Bertz CT molecular complexity index is 307. The van der Waals surface area contributed by atoms with Gasteiger partial charge in [-0.05, 0) is 12.5 Å². The number of benzene rings is 1. The summed E-state index contributed by atoms with van der Waals surface area (Å²) in [5.74, 6) is 0. The Hall–Kier alpha value is -0.643. The summed E-state index contributed by atoms with van der Waals surface area (Å²) < 4.78 is 0. The molecule has 0 aliphatic heterocycles. The van der Waals surface area contributed by atoms with E-state index in [1.807, 2.05) is 6.07 Å². The Morgan fingerprint density at radius 2 is 1.75 bits per heavy atom. The molecule has 0 saturated heterocycles. The van der Waals surface area contributed by atoms with E-state index in [1.54, 1.807) is 7.11 Å². The molecule has 0 fully saturated rings. The standard InChI is InChI=1S/C13H23NOSi/c1-12(16(3,4)5)14(15-2)11-13-9-7-6-8-10-13/h6-10,12H,11H2,1-5H3. The molecular formula is C13H23NOSi. The van der Waals surface area contributed by atoms with Crippen LogP contribution in [0.25, 0.3) is 0 Å². The first-order valence-electron chi connectivity index (χ1n) is 5.80. The molecule has 0 amide bonds. The highest BCUT2D eigenvalue weighted by molar-refractivity contribution is 6.77. The van der Waals surface area contributed by atoms with Crippen LogP contribution in [0.1, 0.15) is 12.5 Å². The van der Waals surface area contributed by atoms with Crippen molar-refractivity contribution in [1.29, 1.82) is 0 Å². The molecule has 0 aliphatic carbocycles. The molecule has 1 aromatic carbocycles. The third-order valence-electron chi connectivity index (χ3n) is 3.10. The highest BCUT2D eigenvalue weighted by atomic mass is 28.3. The molecule has 3 heteroatoms. The smallest absolute Gasteiger partial charge is 0.0666 e. The first-order chi connectivity index (χ1) is 7.45. The summed E-state index contributed by atoms with van der Waals surface area (Å²) in [4.78, 5) is 5.51. The van der Waals surface area contributed by atoms with Crippen molar-refractivity contribution >= 4 is 8.07 Å². The van der Waals surface area contributed by atoms with Crippen molar-refractivity contribution in [3.05, 3.63) is 35.9 Å². The van der Waals surface area contributed by atoms with Crippen LogP contribution in [-0.2, 0) is 11.4 Å². The molecule has 0 bridgehead atoms. The fourth-order valence-electron chi connectivity index (χ4n) is 1.55. The minimum Gasteiger partial charge on any atom is -0.302 e. The molecule has 90 valence electrons. The van der Waals surface area contributed by atoms with Crippen molar-refractivity contribution in [2.45, 2.75) is 38.8 Å². The molecule has 1 aromatic rings. The van der Waals surface area contributed by atoms with Gasteiger partial charge in [0.05, 0.1) is 15.2 Å². The van der Waals surface area contributed by atoms with Crippen molar-refractivity contribution in [3.8, 4) is 0 Å². The maximum atomic E-state index is 5.51. The van der Waals surface area contributed by atoms with E-state index in [4.69, 9.17) is 4.84 Å². The number of hydrogen-bond donors (Lipinski definition) is 0. The van der Waals surface area contributed by atoms with Gasteiger partial charge in [0.25, 0.3) is 0 Å². The molecule has 1 atom stereocenters. The monoisotopic (exact) mass is 237 g/mol. The minimum atomic E-state index is -1.20. The molecule has 1 rings (SSSR count). The molecule has 0 aliphatic rings. The number of hydrogen-bond acceptors (Lipinski definition) is 2. The maximum absolute atomic E-state index is 5.51. The van der Waals surface area contributed by atoms with Crippen LogP contribution in [0.15, 0.2) is 30.3 Å². The fraction of sp³-hybridized carbons (Fsp3) is 0.538. The van der Waals surface area contributed by atoms with Gasteiger partial charge in [-0.25, -0.2) is 0 Å². The molecule has 0 radical (unpaired) electrons. The summed E-state index contributed by atoms with van der Waals surface area (Å²) in [7, 11) is 0.566. The third-order valence-corrected chi connectivity index (χ3v) is 5.90. The molecule has 0 N–H and O–H groups in total. The Kier molecular flexibility index (Phi) is 4.71. The van der Waals surface area contributed by atoms with Crippen molar-refractivity contribution in [1.82, 2.24) is 5.06 Å². The largest absolute Gasteiger partial charge is 0.302 e. The molecule has 0 spiro atoms. The summed E-state index contributed by atoms with van der Waals surface area (Å²) in [5, 5.41) is 2.10. The second kappa shape index (κ2) is 5.62. The second-order valence-electron chi connectivity index (χ2n) is 5.29. The van der Waals surface area contributed by atoms with Gasteiger partial charge in [-0.3, -0.25) is 0 Å². The van der Waals surface area contributed by atoms with E-state index >= 15 is 0 Å². The van der Waals surface area contributed by atoms with Crippen LogP contribution in [-0.4, -0.2) is 25.9 Å². The zero-order valence-corrected chi connectivity index (χ0v) is 12.0. The average molecular weight is 237 g/mol. The van der Waals surface area contributed by atoms with Crippen molar-refractivity contribution in [2.75, 3.05) is 7.11 Å². The van der Waals surface area contributed by atoms with E-state index in [-0.39, 0.29) is 0 Å². The van der Waals surface area contributed by atoms with Crippen LogP contribution < -0.4 is 0 Å². The van der Waals surface area contributed by atoms with Crippen LogP contribution in [0.3, 0.4) is 0 Å². The minimum absolute atomic E-state index is 0.512. The van der Waals surface area contributed by atoms with Gasteiger partial charge in [-0.2, -0.15) is 5.06 Å². The predicted molar refractivity (Wildman–Crippen MR) is 71.8 cm³/mol. The normalized spacial score (nSPS) is 14.1. The summed E-state index contributed by atoms with van der Waals surface area (Å²) in [6.07, 6.45) is 0. The van der Waals surface area contributed by atoms with Crippen LogP contribution in [0.5, 0.6) is 0 Å². The van der Waals surface area contributed by atoms with E-state index in [0.29, 0.717) is 5.67 Å². The summed E-state index contributed by atoms with van der Waals surface area (Å²) in [5.41, 5.74) is 1.81. The first-order valence-corrected chi connectivity index (χ1v) is 9.37. The number of hydroxylamine groups is 2. The van der Waals surface area contributed by atoms with Crippen LogP contribution in [0.2, 0.25) is 19.6 Å². The van der Waals surface area contributed by atoms with E-state index in [0.717, 1.165) is 6.54 Å². The van der Waals surface area contributed by atoms with Gasteiger partial charge in [0.2, 0.25) is 0 Å². The summed E-state index contributed by atoms with van der Waals surface area (Å²) >= 11 is 0. The van der Waals surface area contributed by atoms with Crippen LogP contribution >= 0.6 is 0 Å². The third kappa shape index (κ3) is 3.74. The molecule has 16 heavy (non-hydrogen) atoms. The Morgan fingerprint density at radius 3 is 2.19 bits per heavy atom. The van der Waals surface area contributed by atoms with Gasteiger partial charge in [-0.1, -0.05) is 50.0 Å². The number of nitrogens with zero attached hydrogens (tertiary/aromatic N) is 1. The Balaban J connectivity index is 2.70. The predicted octanol–water partition coefficient (Wildman–Crippen LogP) is 3.32. The van der Waals surface area contributed by atoms with Gasteiger partial charge in [0.15, 0.2) is 0 Å². The van der Waals surface area contributed by atoms with Gasteiger partial charge in [0.1, 0.15) is 0 Å². The van der Waals surface area contributed by atoms with Crippen molar-refractivity contribution < 1.29 is 4.84 Å². The Labute approximate surface area is 100 Å². The average Bonchev–Trinajstić information content (AvgIpc) is 2.25. The maximum Gasteiger partial charge on any atom is 0.0666 e. The highest BCUT2D eigenvalue weighted by Crippen LogP contribution is 2.17. The van der Waals surface area contributed by atoms with E-state index < -0.39 is 8.07 Å². The zero-order chi connectivity index (χ0) is 12.2. The second-order valence-corrected chi connectivity index (χ2v) is 10.9. The lowest BCUT2D eigenvalue weighted by atomic mass is 10.2. The Morgan fingerprint density at radius 1 is 1.19 bits per heavy atom. The molecule has 0 aromatic heterocycles. The molecule has 2 nitrogen and oxygen atoms in total. The zero-order valence-electron chi connectivity index (χ0n) is 11.0. The highest BCUT2D eigenvalue weighted by Gasteiger charge is 2.28. The lowest BCUT2D eigenvalue weighted by molar-refractivity contribution is -0.148. The lowest BCUT2D eigenvalue weighted by Gasteiger charge is -2.34. The van der Waals surface area contributed by atoms with Gasteiger partial charge < -0.3 is 4.84 Å². The van der Waals surface area contributed by atoms with Crippen molar-refractivity contribution in [2.24, 2.45) is 0 Å². The SMILES string of the molecule is CON(Cc1ccccc1)C(C)[Si](C)(C)C. The van der Waals surface area contributed by atoms with Gasteiger partial charge in [0, 0.05) is 12.2 Å². The molecule has 0 heterocycles. The quantitative estimate of drug-likeness (QED) is 0.575. The van der Waals surface area contributed by atoms with Gasteiger partial charge in [-0.15, -0.1) is 0 Å². The van der Waals surface area contributed by atoms with E-state index in [2.05, 4.69) is 55.9 Å². The summed E-state index contributed by atoms with van der Waals surface area (Å²) in [6.45, 7) is 10.2.